The van der Waals surface area contributed by atoms with Gasteiger partial charge in [0.25, 0.3) is 0 Å². The molecular weight excluding hydrogens is 256 g/mol. The Kier molecular flexibility index (Phi) is 4.30. The number of nitrogens with one attached hydrogen (secondary N) is 1. The lowest BCUT2D eigenvalue weighted by Crippen LogP contribution is -2.14. The second-order valence-electron chi connectivity index (χ2n) is 5.04. The summed E-state index contributed by atoms with van der Waals surface area (Å²) in [5, 5.41) is 4.73. The van der Waals surface area contributed by atoms with Gasteiger partial charge in [-0.05, 0) is 50.8 Å². The largest absolute Gasteiger partial charge is 0.468 e. The Morgan fingerprint density at radius 1 is 1.32 bits per heavy atom. The van der Waals surface area contributed by atoms with Gasteiger partial charge >= 0.3 is 0 Å². The molecule has 0 fully saturated rings. The van der Waals surface area contributed by atoms with Gasteiger partial charge < -0.3 is 9.73 Å². The van der Waals surface area contributed by atoms with Crippen molar-refractivity contribution in [3.05, 3.63) is 39.7 Å². The van der Waals surface area contributed by atoms with E-state index >= 15 is 0 Å². The van der Waals surface area contributed by atoms with Crippen LogP contribution in [0, 0.1) is 0 Å². The Morgan fingerprint density at radius 2 is 2.26 bits per heavy atom. The Labute approximate surface area is 118 Å². The molecule has 0 amide bonds. The smallest absolute Gasteiger partial charge is 0.117 e. The molecule has 1 aliphatic carbocycles. The molecule has 2 aromatic rings. The van der Waals surface area contributed by atoms with Crippen molar-refractivity contribution in [2.45, 2.75) is 45.1 Å². The van der Waals surface area contributed by atoms with E-state index < -0.39 is 0 Å². The molecule has 0 radical (unpaired) electrons. The van der Waals surface area contributed by atoms with Crippen LogP contribution >= 0.6 is 11.3 Å². The molecule has 19 heavy (non-hydrogen) atoms. The number of fused-ring (bicyclic) bond motifs is 1. The maximum atomic E-state index is 5.28. The fourth-order valence-corrected chi connectivity index (χ4v) is 3.70. The van der Waals surface area contributed by atoms with E-state index in [0.717, 1.165) is 31.7 Å². The average Bonchev–Trinajstić information content (AvgIpc) is 3.06. The summed E-state index contributed by atoms with van der Waals surface area (Å²) in [5.41, 5.74) is 1.38. The number of hydrogen-bond donors (Lipinski definition) is 1. The van der Waals surface area contributed by atoms with Crippen LogP contribution in [0.15, 0.2) is 22.8 Å². The van der Waals surface area contributed by atoms with Gasteiger partial charge in [-0.15, -0.1) is 11.3 Å². The van der Waals surface area contributed by atoms with Crippen LogP contribution in [0.1, 0.15) is 40.6 Å². The Bertz CT molecular complexity index is 481. The highest BCUT2D eigenvalue weighted by Gasteiger charge is 2.14. The number of rotatable bonds is 6. The van der Waals surface area contributed by atoms with Crippen molar-refractivity contribution in [3.63, 3.8) is 0 Å². The van der Waals surface area contributed by atoms with E-state index in [1.807, 2.05) is 23.5 Å². The third-order valence-corrected chi connectivity index (χ3v) is 4.73. The number of aryl methyl sites for hydroxylation is 3. The molecule has 3 nitrogen and oxygen atoms in total. The molecular formula is C15H20N2OS. The molecule has 1 N–H and O–H groups in total. The lowest BCUT2D eigenvalue weighted by Gasteiger charge is -2.06. The minimum absolute atomic E-state index is 0.821. The second-order valence-corrected chi connectivity index (χ2v) is 6.21. The number of thiazole rings is 1. The molecule has 0 aliphatic heterocycles. The average molecular weight is 276 g/mol. The van der Waals surface area contributed by atoms with Gasteiger partial charge in [-0.3, -0.25) is 0 Å². The molecule has 102 valence electrons. The zero-order chi connectivity index (χ0) is 12.9. The first-order valence-electron chi connectivity index (χ1n) is 7.12. The summed E-state index contributed by atoms with van der Waals surface area (Å²) in [7, 11) is 0. The molecule has 0 bridgehead atoms. The monoisotopic (exact) mass is 276 g/mol. The molecule has 2 aromatic heterocycles. The molecule has 1 aliphatic rings. The molecule has 0 unspecified atom stereocenters. The van der Waals surface area contributed by atoms with Crippen molar-refractivity contribution in [2.75, 3.05) is 6.54 Å². The zero-order valence-corrected chi connectivity index (χ0v) is 12.0. The second kappa shape index (κ2) is 6.35. The molecule has 0 atom stereocenters. The van der Waals surface area contributed by atoms with Crippen LogP contribution in [-0.2, 0) is 25.8 Å². The van der Waals surface area contributed by atoms with Crippen LogP contribution in [-0.4, -0.2) is 11.5 Å². The topological polar surface area (TPSA) is 38.1 Å². The van der Waals surface area contributed by atoms with E-state index in [9.17, 15) is 0 Å². The normalized spacial score (nSPS) is 14.5. The quantitative estimate of drug-likeness (QED) is 0.822. The van der Waals surface area contributed by atoms with Gasteiger partial charge in [0.05, 0.1) is 23.5 Å². The van der Waals surface area contributed by atoms with E-state index in [1.165, 1.54) is 36.4 Å². The summed E-state index contributed by atoms with van der Waals surface area (Å²) < 4.78 is 5.28. The number of hydrogen-bond acceptors (Lipinski definition) is 4. The highest BCUT2D eigenvalue weighted by Crippen LogP contribution is 2.27. The fourth-order valence-electron chi connectivity index (χ4n) is 2.50. The standard InChI is InChI=1S/C15H20N2OS/c1-2-7-14-13(6-1)17-15(19-14)8-3-9-16-11-12-5-4-10-18-12/h4-5,10,16H,1-3,6-9,11H2. The first-order chi connectivity index (χ1) is 9.42. The summed E-state index contributed by atoms with van der Waals surface area (Å²) >= 11 is 1.93. The van der Waals surface area contributed by atoms with Gasteiger partial charge in [0.2, 0.25) is 0 Å². The van der Waals surface area contributed by atoms with E-state index in [4.69, 9.17) is 9.40 Å². The maximum Gasteiger partial charge on any atom is 0.117 e. The maximum absolute atomic E-state index is 5.28. The summed E-state index contributed by atoms with van der Waals surface area (Å²) in [4.78, 5) is 6.32. The molecule has 0 aromatic carbocycles. The summed E-state index contributed by atoms with van der Waals surface area (Å²) in [6.07, 6.45) is 9.08. The van der Waals surface area contributed by atoms with E-state index in [1.54, 1.807) is 11.1 Å². The minimum atomic E-state index is 0.821. The van der Waals surface area contributed by atoms with Gasteiger partial charge in [-0.1, -0.05) is 0 Å². The van der Waals surface area contributed by atoms with Gasteiger partial charge in [0, 0.05) is 11.3 Å². The Morgan fingerprint density at radius 3 is 3.11 bits per heavy atom. The highest BCUT2D eigenvalue weighted by molar-refractivity contribution is 7.11. The van der Waals surface area contributed by atoms with Crippen LogP contribution in [0.3, 0.4) is 0 Å². The number of furan rings is 1. The third kappa shape index (κ3) is 3.45. The van der Waals surface area contributed by atoms with Crippen LogP contribution in [0.4, 0.5) is 0 Å². The molecule has 0 saturated heterocycles. The SMILES string of the molecule is c1coc(CNCCCc2nc3c(s2)CCCC3)c1. The van der Waals surface area contributed by atoms with Crippen LogP contribution in [0.25, 0.3) is 0 Å². The third-order valence-electron chi connectivity index (χ3n) is 3.51. The first kappa shape index (κ1) is 12.9. The van der Waals surface area contributed by atoms with Crippen molar-refractivity contribution in [3.8, 4) is 0 Å². The van der Waals surface area contributed by atoms with E-state index in [2.05, 4.69) is 5.32 Å². The van der Waals surface area contributed by atoms with Crippen molar-refractivity contribution in [1.29, 1.82) is 0 Å². The van der Waals surface area contributed by atoms with Crippen LogP contribution in [0.2, 0.25) is 0 Å². The minimum Gasteiger partial charge on any atom is -0.468 e. The molecule has 2 heterocycles. The van der Waals surface area contributed by atoms with Crippen molar-refractivity contribution >= 4 is 11.3 Å². The van der Waals surface area contributed by atoms with Gasteiger partial charge in [0.1, 0.15) is 5.76 Å². The lowest BCUT2D eigenvalue weighted by molar-refractivity contribution is 0.481. The summed E-state index contributed by atoms with van der Waals surface area (Å²) in [6, 6.07) is 3.93. The lowest BCUT2D eigenvalue weighted by atomic mass is 10.0. The van der Waals surface area contributed by atoms with E-state index in [-0.39, 0.29) is 0 Å². The molecule has 3 rings (SSSR count). The van der Waals surface area contributed by atoms with Crippen LogP contribution < -0.4 is 5.32 Å². The van der Waals surface area contributed by atoms with Gasteiger partial charge in [-0.2, -0.15) is 0 Å². The Balaban J connectivity index is 1.39. The van der Waals surface area contributed by atoms with Crippen molar-refractivity contribution in [2.24, 2.45) is 0 Å². The summed E-state index contributed by atoms with van der Waals surface area (Å²) in [5.74, 6) is 1.00. The van der Waals surface area contributed by atoms with E-state index in [0.29, 0.717) is 0 Å². The first-order valence-corrected chi connectivity index (χ1v) is 7.94. The molecule has 0 spiro atoms. The zero-order valence-electron chi connectivity index (χ0n) is 11.2. The predicted molar refractivity (Wildman–Crippen MR) is 77.5 cm³/mol. The van der Waals surface area contributed by atoms with Crippen molar-refractivity contribution in [1.82, 2.24) is 10.3 Å². The summed E-state index contributed by atoms with van der Waals surface area (Å²) in [6.45, 7) is 1.84. The van der Waals surface area contributed by atoms with Gasteiger partial charge in [0.15, 0.2) is 0 Å². The highest BCUT2D eigenvalue weighted by atomic mass is 32.1. The van der Waals surface area contributed by atoms with Crippen molar-refractivity contribution < 1.29 is 4.42 Å². The molecule has 0 saturated carbocycles. The molecule has 4 heteroatoms. The fraction of sp³-hybridized carbons (Fsp3) is 0.533. The predicted octanol–water partition coefficient (Wildman–Crippen LogP) is 3.34. The number of nitrogens with zero attached hydrogens (tertiary/aromatic N) is 1. The van der Waals surface area contributed by atoms with Gasteiger partial charge in [-0.25, -0.2) is 4.98 Å². The van der Waals surface area contributed by atoms with Crippen LogP contribution in [0.5, 0.6) is 0 Å². The Hall–Kier alpha value is -1.13. The number of aromatic nitrogens is 1.